The van der Waals surface area contributed by atoms with Gasteiger partial charge in [-0.2, -0.15) is 0 Å². The third-order valence-corrected chi connectivity index (χ3v) is 3.48. The van der Waals surface area contributed by atoms with E-state index in [0.29, 0.717) is 11.8 Å². The molecule has 0 aromatic carbocycles. The molecule has 1 aliphatic heterocycles. The Morgan fingerprint density at radius 3 is 2.27 bits per heavy atom. The first-order valence-corrected chi connectivity index (χ1v) is 6.10. The Balaban J connectivity index is 1.73. The van der Waals surface area contributed by atoms with Crippen molar-refractivity contribution in [1.29, 1.82) is 0 Å². The molecule has 3 heteroatoms. The van der Waals surface area contributed by atoms with Crippen molar-refractivity contribution >= 4 is 5.91 Å². The van der Waals surface area contributed by atoms with Crippen LogP contribution in [0.2, 0.25) is 0 Å². The SMILES string of the molecule is CN(C)CC1CCN(C(=O)C2CC2)CC1. The molecule has 15 heavy (non-hydrogen) atoms. The monoisotopic (exact) mass is 210 g/mol. The molecule has 0 unspecified atom stereocenters. The minimum absolute atomic E-state index is 0.399. The second-order valence-electron chi connectivity index (χ2n) is 5.31. The maximum atomic E-state index is 11.8. The summed E-state index contributed by atoms with van der Waals surface area (Å²) in [5, 5.41) is 0. The smallest absolute Gasteiger partial charge is 0.225 e. The average molecular weight is 210 g/mol. The highest BCUT2D eigenvalue weighted by Crippen LogP contribution is 2.32. The standard InChI is InChI=1S/C12H22N2O/c1-13(2)9-10-5-7-14(8-6-10)12(15)11-3-4-11/h10-11H,3-9H2,1-2H3. The lowest BCUT2D eigenvalue weighted by Gasteiger charge is -2.33. The van der Waals surface area contributed by atoms with Crippen LogP contribution in [-0.4, -0.2) is 49.4 Å². The number of piperidine rings is 1. The lowest BCUT2D eigenvalue weighted by Crippen LogP contribution is -2.41. The van der Waals surface area contributed by atoms with Gasteiger partial charge in [0, 0.05) is 25.6 Å². The predicted octanol–water partition coefficient (Wildman–Crippen LogP) is 1.20. The van der Waals surface area contributed by atoms with E-state index in [-0.39, 0.29) is 0 Å². The molecule has 0 aromatic heterocycles. The van der Waals surface area contributed by atoms with Crippen LogP contribution in [-0.2, 0) is 4.79 Å². The highest BCUT2D eigenvalue weighted by atomic mass is 16.2. The normalized spacial score (nSPS) is 23.5. The number of rotatable bonds is 3. The summed E-state index contributed by atoms with van der Waals surface area (Å²) < 4.78 is 0. The first kappa shape index (κ1) is 10.9. The molecule has 3 nitrogen and oxygen atoms in total. The maximum Gasteiger partial charge on any atom is 0.225 e. The molecule has 0 atom stereocenters. The van der Waals surface area contributed by atoms with E-state index in [1.165, 1.54) is 19.4 Å². The first-order valence-electron chi connectivity index (χ1n) is 6.10. The Kier molecular flexibility index (Phi) is 3.29. The summed E-state index contributed by atoms with van der Waals surface area (Å²) in [5.74, 6) is 1.62. The molecule has 0 N–H and O–H groups in total. The van der Waals surface area contributed by atoms with Crippen molar-refractivity contribution in [2.24, 2.45) is 11.8 Å². The van der Waals surface area contributed by atoms with Gasteiger partial charge in [0.15, 0.2) is 0 Å². The third kappa shape index (κ3) is 2.94. The fraction of sp³-hybridized carbons (Fsp3) is 0.917. The van der Waals surface area contributed by atoms with E-state index in [1.54, 1.807) is 0 Å². The number of hydrogen-bond donors (Lipinski definition) is 0. The van der Waals surface area contributed by atoms with Crippen molar-refractivity contribution in [3.8, 4) is 0 Å². The summed E-state index contributed by atoms with van der Waals surface area (Å²) in [4.78, 5) is 16.1. The van der Waals surface area contributed by atoms with Crippen LogP contribution in [0.15, 0.2) is 0 Å². The molecule has 1 saturated heterocycles. The highest BCUT2D eigenvalue weighted by Gasteiger charge is 2.34. The van der Waals surface area contributed by atoms with Crippen molar-refractivity contribution in [1.82, 2.24) is 9.80 Å². The van der Waals surface area contributed by atoms with Gasteiger partial charge < -0.3 is 9.80 Å². The minimum Gasteiger partial charge on any atom is -0.342 e. The van der Waals surface area contributed by atoms with Gasteiger partial charge in [0.25, 0.3) is 0 Å². The zero-order valence-corrected chi connectivity index (χ0v) is 9.91. The molecule has 1 heterocycles. The number of hydrogen-bond acceptors (Lipinski definition) is 2. The van der Waals surface area contributed by atoms with E-state index in [0.717, 1.165) is 31.8 Å². The van der Waals surface area contributed by atoms with Gasteiger partial charge in [-0.1, -0.05) is 0 Å². The fourth-order valence-electron chi connectivity index (χ4n) is 2.44. The van der Waals surface area contributed by atoms with Crippen LogP contribution < -0.4 is 0 Å². The number of likely N-dealkylation sites (tertiary alicyclic amines) is 1. The van der Waals surface area contributed by atoms with E-state index in [4.69, 9.17) is 0 Å². The molecule has 1 amide bonds. The molecule has 2 rings (SSSR count). The molecule has 86 valence electrons. The topological polar surface area (TPSA) is 23.6 Å². The molecule has 0 bridgehead atoms. The lowest BCUT2D eigenvalue weighted by molar-refractivity contribution is -0.134. The highest BCUT2D eigenvalue weighted by molar-refractivity contribution is 5.81. The van der Waals surface area contributed by atoms with Gasteiger partial charge in [0.05, 0.1) is 0 Å². The molecule has 0 aromatic rings. The zero-order valence-electron chi connectivity index (χ0n) is 9.91. The van der Waals surface area contributed by atoms with Crippen molar-refractivity contribution in [3.05, 3.63) is 0 Å². The van der Waals surface area contributed by atoms with E-state index in [9.17, 15) is 4.79 Å². The van der Waals surface area contributed by atoms with Gasteiger partial charge in [-0.05, 0) is 45.7 Å². The van der Waals surface area contributed by atoms with Crippen LogP contribution in [0.1, 0.15) is 25.7 Å². The molecular formula is C12H22N2O. The van der Waals surface area contributed by atoms with Crippen LogP contribution >= 0.6 is 0 Å². The number of carbonyl (C=O) groups is 1. The van der Waals surface area contributed by atoms with Gasteiger partial charge in [-0.15, -0.1) is 0 Å². The zero-order chi connectivity index (χ0) is 10.8. The van der Waals surface area contributed by atoms with Crippen molar-refractivity contribution < 1.29 is 4.79 Å². The molecule has 2 aliphatic rings. The summed E-state index contributed by atoms with van der Waals surface area (Å²) in [6.45, 7) is 3.16. The number of nitrogens with zero attached hydrogens (tertiary/aromatic N) is 2. The average Bonchev–Trinajstić information content (AvgIpc) is 3.00. The largest absolute Gasteiger partial charge is 0.342 e. The van der Waals surface area contributed by atoms with Crippen LogP contribution in [0.4, 0.5) is 0 Å². The number of amides is 1. The van der Waals surface area contributed by atoms with E-state index >= 15 is 0 Å². The van der Waals surface area contributed by atoms with Crippen LogP contribution in [0.25, 0.3) is 0 Å². The lowest BCUT2D eigenvalue weighted by atomic mass is 9.96. The number of carbonyl (C=O) groups excluding carboxylic acids is 1. The van der Waals surface area contributed by atoms with Gasteiger partial charge in [-0.3, -0.25) is 4.79 Å². The Morgan fingerprint density at radius 1 is 1.20 bits per heavy atom. The van der Waals surface area contributed by atoms with Crippen molar-refractivity contribution in [2.45, 2.75) is 25.7 Å². The van der Waals surface area contributed by atoms with Gasteiger partial charge in [0.2, 0.25) is 5.91 Å². The summed E-state index contributed by atoms with van der Waals surface area (Å²) in [5.41, 5.74) is 0. The fourth-order valence-corrected chi connectivity index (χ4v) is 2.44. The Labute approximate surface area is 92.4 Å². The van der Waals surface area contributed by atoms with Crippen LogP contribution in [0.3, 0.4) is 0 Å². The summed E-state index contributed by atoms with van der Waals surface area (Å²) in [6.07, 6.45) is 4.65. The van der Waals surface area contributed by atoms with Crippen molar-refractivity contribution in [2.75, 3.05) is 33.7 Å². The van der Waals surface area contributed by atoms with E-state index in [1.807, 2.05) is 0 Å². The molecule has 1 saturated carbocycles. The molecule has 2 fully saturated rings. The summed E-state index contributed by atoms with van der Waals surface area (Å²) >= 11 is 0. The third-order valence-electron chi connectivity index (χ3n) is 3.48. The second-order valence-corrected chi connectivity index (χ2v) is 5.31. The minimum atomic E-state index is 0.399. The predicted molar refractivity (Wildman–Crippen MR) is 60.6 cm³/mol. The first-order chi connectivity index (χ1) is 7.16. The van der Waals surface area contributed by atoms with Crippen LogP contribution in [0, 0.1) is 11.8 Å². The quantitative estimate of drug-likeness (QED) is 0.699. The second kappa shape index (κ2) is 4.52. The molecule has 0 radical (unpaired) electrons. The summed E-state index contributed by atoms with van der Waals surface area (Å²) in [7, 11) is 4.25. The van der Waals surface area contributed by atoms with Gasteiger partial charge in [0.1, 0.15) is 0 Å². The van der Waals surface area contributed by atoms with Crippen molar-refractivity contribution in [3.63, 3.8) is 0 Å². The Hall–Kier alpha value is -0.570. The van der Waals surface area contributed by atoms with Gasteiger partial charge in [-0.25, -0.2) is 0 Å². The van der Waals surface area contributed by atoms with Crippen LogP contribution in [0.5, 0.6) is 0 Å². The Morgan fingerprint density at radius 2 is 1.80 bits per heavy atom. The van der Waals surface area contributed by atoms with E-state index < -0.39 is 0 Å². The maximum absolute atomic E-state index is 11.8. The molecule has 1 aliphatic carbocycles. The van der Waals surface area contributed by atoms with Gasteiger partial charge >= 0.3 is 0 Å². The molecular weight excluding hydrogens is 188 g/mol. The molecule has 0 spiro atoms. The summed E-state index contributed by atoms with van der Waals surface area (Å²) in [6, 6.07) is 0. The van der Waals surface area contributed by atoms with E-state index in [2.05, 4.69) is 23.9 Å². The Bertz CT molecular complexity index is 228.